The number of rotatable bonds is 4. The topological polar surface area (TPSA) is 131 Å². The molecule has 19 heavy (non-hydrogen) atoms. The molecule has 8 nitrogen and oxygen atoms in total. The molecule has 2 amide bonds. The number of aliphatic hydroxyl groups is 1. The number of nitrogens with one attached hydrogen (secondary N) is 1. The zero-order valence-corrected chi connectivity index (χ0v) is 10.3. The van der Waals surface area contributed by atoms with Crippen LogP contribution in [0.2, 0.25) is 0 Å². The van der Waals surface area contributed by atoms with Crippen LogP contribution in [0.1, 0.15) is 42.2 Å². The largest absolute Gasteiger partial charge is 0.393 e. The predicted molar refractivity (Wildman–Crippen MR) is 62.6 cm³/mol. The normalized spacial score (nSPS) is 23.0. The first kappa shape index (κ1) is 13.5. The minimum atomic E-state index is -0.805. The molecule has 1 aliphatic rings. The molecule has 2 rings (SSSR count). The van der Waals surface area contributed by atoms with Crippen molar-refractivity contribution in [2.24, 2.45) is 11.7 Å². The Morgan fingerprint density at radius 1 is 1.47 bits per heavy atom. The van der Waals surface area contributed by atoms with E-state index in [4.69, 9.17) is 5.73 Å². The third-order valence-corrected chi connectivity index (χ3v) is 3.12. The van der Waals surface area contributed by atoms with Gasteiger partial charge in [0.1, 0.15) is 0 Å². The van der Waals surface area contributed by atoms with Crippen molar-refractivity contribution in [1.29, 1.82) is 0 Å². The van der Waals surface area contributed by atoms with Crippen molar-refractivity contribution in [2.75, 3.05) is 0 Å². The summed E-state index contributed by atoms with van der Waals surface area (Å²) in [5.41, 5.74) is 4.96. The fraction of sp³-hybridized carbons (Fsp3) is 0.636. The number of nitrogens with zero attached hydrogens (tertiary/aromatic N) is 2. The average molecular weight is 268 g/mol. The zero-order valence-electron chi connectivity index (χ0n) is 10.3. The summed E-state index contributed by atoms with van der Waals surface area (Å²) in [7, 11) is 0. The molecule has 0 unspecified atom stereocenters. The quantitative estimate of drug-likeness (QED) is 0.664. The van der Waals surface area contributed by atoms with Crippen molar-refractivity contribution in [3.05, 3.63) is 11.7 Å². The number of primary amides is 1. The molecule has 1 aromatic rings. The molecule has 0 spiro atoms. The van der Waals surface area contributed by atoms with E-state index in [-0.39, 0.29) is 30.1 Å². The molecule has 0 bridgehead atoms. The second-order valence-electron chi connectivity index (χ2n) is 4.62. The van der Waals surface area contributed by atoms with Crippen LogP contribution in [0.3, 0.4) is 0 Å². The number of nitrogens with two attached hydrogens (primary N) is 1. The lowest BCUT2D eigenvalue weighted by Crippen LogP contribution is -2.35. The van der Waals surface area contributed by atoms with Crippen LogP contribution < -0.4 is 11.1 Å². The highest BCUT2D eigenvalue weighted by Gasteiger charge is 2.26. The first-order valence-electron chi connectivity index (χ1n) is 6.14. The van der Waals surface area contributed by atoms with E-state index in [2.05, 4.69) is 20.0 Å². The lowest BCUT2D eigenvalue weighted by molar-refractivity contribution is -0.127. The van der Waals surface area contributed by atoms with E-state index in [1.807, 2.05) is 0 Å². The van der Waals surface area contributed by atoms with E-state index in [0.29, 0.717) is 6.42 Å². The van der Waals surface area contributed by atoms with Crippen LogP contribution in [-0.2, 0) is 11.3 Å². The molecule has 4 N–H and O–H groups in total. The van der Waals surface area contributed by atoms with Crippen LogP contribution in [0.15, 0.2) is 4.52 Å². The van der Waals surface area contributed by atoms with Gasteiger partial charge in [0, 0.05) is 5.92 Å². The molecular formula is C11H16N4O4. The summed E-state index contributed by atoms with van der Waals surface area (Å²) in [6, 6.07) is 0. The lowest BCUT2D eigenvalue weighted by atomic mass is 9.87. The van der Waals surface area contributed by atoms with E-state index in [0.717, 1.165) is 19.3 Å². The molecule has 0 radical (unpaired) electrons. The fourth-order valence-electron chi connectivity index (χ4n) is 2.14. The molecule has 104 valence electrons. The van der Waals surface area contributed by atoms with E-state index < -0.39 is 12.0 Å². The van der Waals surface area contributed by atoms with Gasteiger partial charge in [0.2, 0.25) is 5.91 Å². The molecule has 1 aromatic heterocycles. The van der Waals surface area contributed by atoms with Gasteiger partial charge in [-0.05, 0) is 19.3 Å². The van der Waals surface area contributed by atoms with E-state index in [1.54, 1.807) is 0 Å². The van der Waals surface area contributed by atoms with Crippen molar-refractivity contribution in [3.8, 4) is 0 Å². The number of aliphatic hydroxyl groups excluding tert-OH is 1. The van der Waals surface area contributed by atoms with Gasteiger partial charge in [-0.15, -0.1) is 0 Å². The summed E-state index contributed by atoms with van der Waals surface area (Å²) in [6.45, 7) is 0.0716. The Balaban J connectivity index is 1.84. The van der Waals surface area contributed by atoms with Crippen LogP contribution in [0.4, 0.5) is 0 Å². The highest BCUT2D eigenvalue weighted by atomic mass is 16.5. The Bertz CT molecular complexity index is 473. The van der Waals surface area contributed by atoms with Crippen molar-refractivity contribution >= 4 is 11.8 Å². The SMILES string of the molecule is NC(=O)c1nc(CNC(=O)[C@@H]2CCC[C@@H](O)C2)no1. The van der Waals surface area contributed by atoms with Gasteiger partial charge in [-0.3, -0.25) is 9.59 Å². The lowest BCUT2D eigenvalue weighted by Gasteiger charge is -2.24. The highest BCUT2D eigenvalue weighted by Crippen LogP contribution is 2.24. The third-order valence-electron chi connectivity index (χ3n) is 3.12. The maximum absolute atomic E-state index is 11.9. The van der Waals surface area contributed by atoms with Crippen LogP contribution in [0.25, 0.3) is 0 Å². The minimum Gasteiger partial charge on any atom is -0.393 e. The Labute approximate surface area is 109 Å². The van der Waals surface area contributed by atoms with Crippen LogP contribution >= 0.6 is 0 Å². The summed E-state index contributed by atoms with van der Waals surface area (Å²) in [5.74, 6) is -1.23. The maximum Gasteiger partial charge on any atom is 0.315 e. The van der Waals surface area contributed by atoms with Gasteiger partial charge >= 0.3 is 11.8 Å². The van der Waals surface area contributed by atoms with Crippen LogP contribution in [-0.4, -0.2) is 33.2 Å². The Kier molecular flexibility index (Phi) is 4.10. The first-order valence-corrected chi connectivity index (χ1v) is 6.14. The van der Waals surface area contributed by atoms with Crippen molar-refractivity contribution in [1.82, 2.24) is 15.5 Å². The molecule has 1 aliphatic carbocycles. The number of aromatic nitrogens is 2. The molecule has 0 aromatic carbocycles. The average Bonchev–Trinajstić information content (AvgIpc) is 2.85. The van der Waals surface area contributed by atoms with Crippen molar-refractivity contribution < 1.29 is 19.2 Å². The standard InChI is InChI=1S/C11H16N4O4/c12-9(17)11-14-8(15-19-11)5-13-10(18)6-2-1-3-7(16)4-6/h6-7,16H,1-5H2,(H2,12,17)(H,13,18)/t6-,7-/m1/s1. The second kappa shape index (κ2) is 5.79. The second-order valence-corrected chi connectivity index (χ2v) is 4.62. The summed E-state index contributed by atoms with van der Waals surface area (Å²) >= 11 is 0. The molecule has 8 heteroatoms. The number of carbonyl (C=O) groups is 2. The van der Waals surface area contributed by atoms with E-state index in [9.17, 15) is 14.7 Å². The third kappa shape index (κ3) is 3.50. The van der Waals surface area contributed by atoms with E-state index in [1.165, 1.54) is 0 Å². The molecular weight excluding hydrogens is 252 g/mol. The zero-order chi connectivity index (χ0) is 13.8. The summed E-state index contributed by atoms with van der Waals surface area (Å²) < 4.78 is 4.59. The van der Waals surface area contributed by atoms with Crippen LogP contribution in [0, 0.1) is 5.92 Å². The smallest absolute Gasteiger partial charge is 0.315 e. The van der Waals surface area contributed by atoms with Gasteiger partial charge in [0.05, 0.1) is 12.6 Å². The van der Waals surface area contributed by atoms with Gasteiger partial charge < -0.3 is 20.7 Å². The van der Waals surface area contributed by atoms with Gasteiger partial charge in [0.25, 0.3) is 0 Å². The van der Waals surface area contributed by atoms with Gasteiger partial charge in [-0.25, -0.2) is 0 Å². The summed E-state index contributed by atoms with van der Waals surface area (Å²) in [6.07, 6.45) is 2.42. The van der Waals surface area contributed by atoms with Gasteiger partial charge in [-0.1, -0.05) is 11.6 Å². The Morgan fingerprint density at radius 3 is 2.89 bits per heavy atom. The summed E-state index contributed by atoms with van der Waals surface area (Å²) in [5, 5.41) is 15.7. The highest BCUT2D eigenvalue weighted by molar-refractivity contribution is 5.87. The maximum atomic E-state index is 11.9. The molecule has 0 aliphatic heterocycles. The molecule has 1 fully saturated rings. The number of hydrogen-bond donors (Lipinski definition) is 3. The predicted octanol–water partition coefficient (Wildman–Crippen LogP) is -0.664. The first-order chi connectivity index (χ1) is 9.06. The van der Waals surface area contributed by atoms with Gasteiger partial charge in [0.15, 0.2) is 5.82 Å². The number of carbonyl (C=O) groups excluding carboxylic acids is 2. The fourth-order valence-corrected chi connectivity index (χ4v) is 2.14. The number of amides is 2. The minimum absolute atomic E-state index is 0.0716. The molecule has 0 saturated heterocycles. The molecule has 2 atom stereocenters. The summed E-state index contributed by atoms with van der Waals surface area (Å²) in [4.78, 5) is 26.3. The monoisotopic (exact) mass is 268 g/mol. The van der Waals surface area contributed by atoms with Gasteiger partial charge in [-0.2, -0.15) is 4.98 Å². The Hall–Kier alpha value is -1.96. The number of hydrogen-bond acceptors (Lipinski definition) is 6. The van der Waals surface area contributed by atoms with Crippen LogP contribution in [0.5, 0.6) is 0 Å². The molecule has 1 heterocycles. The van der Waals surface area contributed by atoms with Crippen molar-refractivity contribution in [3.63, 3.8) is 0 Å². The van der Waals surface area contributed by atoms with E-state index >= 15 is 0 Å². The van der Waals surface area contributed by atoms with Crippen molar-refractivity contribution in [2.45, 2.75) is 38.3 Å². The molecule has 1 saturated carbocycles. The Morgan fingerprint density at radius 2 is 2.26 bits per heavy atom.